The number of amides is 1. The maximum absolute atomic E-state index is 12.0. The normalized spacial score (nSPS) is 23.0. The van der Waals surface area contributed by atoms with Crippen LogP contribution in [-0.4, -0.2) is 67.7 Å². The lowest BCUT2D eigenvalue weighted by Crippen LogP contribution is -2.45. The van der Waals surface area contributed by atoms with Crippen molar-refractivity contribution < 1.29 is 9.53 Å². The van der Waals surface area contributed by atoms with Gasteiger partial charge in [-0.15, -0.1) is 0 Å². The van der Waals surface area contributed by atoms with Crippen molar-refractivity contribution in [3.8, 4) is 0 Å². The summed E-state index contributed by atoms with van der Waals surface area (Å²) in [7, 11) is 0. The van der Waals surface area contributed by atoms with Crippen molar-refractivity contribution in [3.05, 3.63) is 35.4 Å². The number of nitrogens with zero attached hydrogens (tertiary/aromatic N) is 2. The Labute approximate surface area is 151 Å². The Morgan fingerprint density at radius 3 is 2.76 bits per heavy atom. The van der Waals surface area contributed by atoms with E-state index in [1.165, 1.54) is 11.1 Å². The zero-order chi connectivity index (χ0) is 17.6. The molecular weight excluding hydrogens is 314 g/mol. The molecule has 2 fully saturated rings. The van der Waals surface area contributed by atoms with Crippen molar-refractivity contribution in [1.82, 2.24) is 15.1 Å². The molecule has 0 saturated carbocycles. The van der Waals surface area contributed by atoms with Crippen molar-refractivity contribution in [1.29, 1.82) is 0 Å². The summed E-state index contributed by atoms with van der Waals surface area (Å²) in [5, 5.41) is 3.85. The Morgan fingerprint density at radius 2 is 2.04 bits per heavy atom. The van der Waals surface area contributed by atoms with E-state index in [0.717, 1.165) is 52.4 Å². The molecule has 1 aromatic carbocycles. The molecule has 1 aromatic rings. The lowest BCUT2D eigenvalue weighted by molar-refractivity contribution is -0.129. The average molecular weight is 345 g/mol. The first-order valence-corrected chi connectivity index (χ1v) is 9.57. The van der Waals surface area contributed by atoms with Gasteiger partial charge in [0.15, 0.2) is 0 Å². The molecule has 2 aliphatic rings. The number of benzene rings is 1. The highest BCUT2D eigenvalue weighted by atomic mass is 16.5. The van der Waals surface area contributed by atoms with Gasteiger partial charge in [0, 0.05) is 51.2 Å². The van der Waals surface area contributed by atoms with Crippen LogP contribution in [0.2, 0.25) is 0 Å². The van der Waals surface area contributed by atoms with Crippen LogP contribution in [0.1, 0.15) is 36.9 Å². The van der Waals surface area contributed by atoms with Crippen molar-refractivity contribution >= 4 is 5.91 Å². The van der Waals surface area contributed by atoms with Crippen LogP contribution < -0.4 is 5.32 Å². The van der Waals surface area contributed by atoms with E-state index in [1.54, 1.807) is 0 Å². The molecule has 5 heteroatoms. The van der Waals surface area contributed by atoms with Crippen molar-refractivity contribution in [3.63, 3.8) is 0 Å². The fraction of sp³-hybridized carbons (Fsp3) is 0.650. The van der Waals surface area contributed by atoms with Gasteiger partial charge in [-0.25, -0.2) is 0 Å². The number of hydrogen-bond acceptors (Lipinski definition) is 4. The smallest absolute Gasteiger partial charge is 0.222 e. The molecule has 2 saturated heterocycles. The standard InChI is InChI=1S/C20H31N3O2/c1-3-20(24)23-9-8-17(14-23)21-19(15-22-10-12-25-13-11-22)18-7-5-4-6-16(18)2/h4-7,17,19,21H,3,8-15H2,1-2H3/t17-,19-/m1/s1. The summed E-state index contributed by atoms with van der Waals surface area (Å²) in [5.74, 6) is 0.268. The molecule has 0 aromatic heterocycles. The number of ether oxygens (including phenoxy) is 1. The molecule has 2 atom stereocenters. The summed E-state index contributed by atoms with van der Waals surface area (Å²) in [6.45, 7) is 10.5. The van der Waals surface area contributed by atoms with Gasteiger partial charge < -0.3 is 15.0 Å². The van der Waals surface area contributed by atoms with Crippen LogP contribution in [0.25, 0.3) is 0 Å². The van der Waals surface area contributed by atoms with Crippen LogP contribution >= 0.6 is 0 Å². The van der Waals surface area contributed by atoms with Gasteiger partial charge in [0.2, 0.25) is 5.91 Å². The number of carbonyl (C=O) groups excluding carboxylic acids is 1. The Kier molecular flexibility index (Phi) is 6.45. The number of nitrogens with one attached hydrogen (secondary N) is 1. The molecule has 0 spiro atoms. The number of morpholine rings is 1. The van der Waals surface area contributed by atoms with Gasteiger partial charge in [0.05, 0.1) is 13.2 Å². The lowest BCUT2D eigenvalue weighted by atomic mass is 9.99. The summed E-state index contributed by atoms with van der Waals surface area (Å²) in [6.07, 6.45) is 1.64. The zero-order valence-corrected chi connectivity index (χ0v) is 15.5. The summed E-state index contributed by atoms with van der Waals surface area (Å²) in [6, 6.07) is 9.31. The van der Waals surface area contributed by atoms with Gasteiger partial charge in [-0.05, 0) is 24.5 Å². The summed E-state index contributed by atoms with van der Waals surface area (Å²) >= 11 is 0. The van der Waals surface area contributed by atoms with Gasteiger partial charge in [0.25, 0.3) is 0 Å². The molecule has 138 valence electrons. The van der Waals surface area contributed by atoms with Gasteiger partial charge in [-0.2, -0.15) is 0 Å². The second-order valence-electron chi connectivity index (χ2n) is 7.17. The van der Waals surface area contributed by atoms with E-state index in [9.17, 15) is 4.79 Å². The maximum atomic E-state index is 12.0. The van der Waals surface area contributed by atoms with Gasteiger partial charge in [-0.3, -0.25) is 9.69 Å². The SMILES string of the molecule is CCC(=O)N1CC[C@@H](N[C@H](CN2CCOCC2)c2ccccc2C)C1. The molecule has 1 N–H and O–H groups in total. The first-order chi connectivity index (χ1) is 12.2. The quantitative estimate of drug-likeness (QED) is 0.856. The van der Waals surface area contributed by atoms with E-state index >= 15 is 0 Å². The molecule has 25 heavy (non-hydrogen) atoms. The second kappa shape index (κ2) is 8.79. The Bertz CT molecular complexity index is 572. The van der Waals surface area contributed by atoms with Gasteiger partial charge in [-0.1, -0.05) is 31.2 Å². The van der Waals surface area contributed by atoms with E-state index in [2.05, 4.69) is 41.4 Å². The van der Waals surface area contributed by atoms with E-state index in [4.69, 9.17) is 4.74 Å². The van der Waals surface area contributed by atoms with Crippen LogP contribution in [0.15, 0.2) is 24.3 Å². The van der Waals surface area contributed by atoms with Crippen molar-refractivity contribution in [2.75, 3.05) is 45.9 Å². The number of carbonyl (C=O) groups is 1. The van der Waals surface area contributed by atoms with Crippen molar-refractivity contribution in [2.24, 2.45) is 0 Å². The highest BCUT2D eigenvalue weighted by molar-refractivity contribution is 5.76. The van der Waals surface area contributed by atoms with Crippen LogP contribution in [0.4, 0.5) is 0 Å². The molecule has 3 rings (SSSR count). The van der Waals surface area contributed by atoms with Crippen LogP contribution in [0, 0.1) is 6.92 Å². The minimum atomic E-state index is 0.268. The molecule has 0 bridgehead atoms. The maximum Gasteiger partial charge on any atom is 0.222 e. The molecule has 2 aliphatic heterocycles. The fourth-order valence-electron chi connectivity index (χ4n) is 3.89. The van der Waals surface area contributed by atoms with Crippen LogP contribution in [0.3, 0.4) is 0 Å². The molecule has 0 unspecified atom stereocenters. The Balaban J connectivity index is 1.68. The largest absolute Gasteiger partial charge is 0.379 e. The summed E-state index contributed by atoms with van der Waals surface area (Å²) in [5.41, 5.74) is 2.70. The molecule has 0 radical (unpaired) electrons. The Hall–Kier alpha value is -1.43. The predicted molar refractivity (Wildman–Crippen MR) is 99.6 cm³/mol. The Morgan fingerprint density at radius 1 is 1.28 bits per heavy atom. The number of rotatable bonds is 6. The third-order valence-electron chi connectivity index (χ3n) is 5.39. The van der Waals surface area contributed by atoms with Crippen LogP contribution in [-0.2, 0) is 9.53 Å². The number of likely N-dealkylation sites (tertiary alicyclic amines) is 1. The van der Waals surface area contributed by atoms with E-state index < -0.39 is 0 Å². The first-order valence-electron chi connectivity index (χ1n) is 9.57. The van der Waals surface area contributed by atoms with E-state index in [-0.39, 0.29) is 5.91 Å². The third-order valence-corrected chi connectivity index (χ3v) is 5.39. The zero-order valence-electron chi connectivity index (χ0n) is 15.5. The second-order valence-corrected chi connectivity index (χ2v) is 7.17. The topological polar surface area (TPSA) is 44.8 Å². The molecular formula is C20H31N3O2. The summed E-state index contributed by atoms with van der Waals surface area (Å²) in [4.78, 5) is 16.4. The molecule has 0 aliphatic carbocycles. The van der Waals surface area contributed by atoms with Crippen LogP contribution in [0.5, 0.6) is 0 Å². The first kappa shape index (κ1) is 18.4. The highest BCUT2D eigenvalue weighted by Gasteiger charge is 2.28. The lowest BCUT2D eigenvalue weighted by Gasteiger charge is -2.33. The molecule has 1 amide bonds. The number of aryl methyl sites for hydroxylation is 1. The van der Waals surface area contributed by atoms with Gasteiger partial charge >= 0.3 is 0 Å². The minimum Gasteiger partial charge on any atom is -0.379 e. The molecule has 2 heterocycles. The van der Waals surface area contributed by atoms with Gasteiger partial charge in [0.1, 0.15) is 0 Å². The number of hydrogen-bond donors (Lipinski definition) is 1. The summed E-state index contributed by atoms with van der Waals surface area (Å²) < 4.78 is 5.49. The average Bonchev–Trinajstić information content (AvgIpc) is 3.10. The third kappa shape index (κ3) is 4.81. The predicted octanol–water partition coefficient (Wildman–Crippen LogP) is 1.97. The highest BCUT2D eigenvalue weighted by Crippen LogP contribution is 2.22. The van der Waals surface area contributed by atoms with E-state index in [0.29, 0.717) is 18.5 Å². The minimum absolute atomic E-state index is 0.268. The monoisotopic (exact) mass is 345 g/mol. The van der Waals surface area contributed by atoms with E-state index in [1.807, 2.05) is 11.8 Å². The fourth-order valence-corrected chi connectivity index (χ4v) is 3.89. The van der Waals surface area contributed by atoms with Crippen molar-refractivity contribution in [2.45, 2.75) is 38.8 Å². The molecule has 5 nitrogen and oxygen atoms in total.